The Hall–Kier alpha value is -1.30. The van der Waals surface area contributed by atoms with Crippen molar-refractivity contribution in [2.45, 2.75) is 39.4 Å². The first-order chi connectivity index (χ1) is 10.1. The Balaban J connectivity index is 0.000000677. The maximum absolute atomic E-state index is 6.12. The lowest BCUT2D eigenvalue weighted by Gasteiger charge is -2.34. The Labute approximate surface area is 128 Å². The third-order valence-electron chi connectivity index (χ3n) is 3.27. The summed E-state index contributed by atoms with van der Waals surface area (Å²) in [5.74, 6) is 1.51. The molecule has 0 amide bonds. The minimum Gasteiger partial charge on any atom is -0.493 e. The van der Waals surface area contributed by atoms with E-state index in [1.807, 2.05) is 12.1 Å². The first-order valence-electron chi connectivity index (χ1n) is 7.33. The van der Waals surface area contributed by atoms with Gasteiger partial charge in [0.1, 0.15) is 6.73 Å². The molecule has 0 bridgehead atoms. The second-order valence-electron chi connectivity index (χ2n) is 5.12. The molecule has 1 aromatic rings. The van der Waals surface area contributed by atoms with E-state index in [0.717, 1.165) is 24.5 Å². The fourth-order valence-electron chi connectivity index (χ4n) is 2.30. The monoisotopic (exact) mass is 296 g/mol. The number of nitrogens with two attached hydrogens (primary N) is 1. The van der Waals surface area contributed by atoms with Gasteiger partial charge in [-0.25, -0.2) is 0 Å². The maximum atomic E-state index is 6.12. The summed E-state index contributed by atoms with van der Waals surface area (Å²) in [7, 11) is 4.97. The Bertz CT molecular complexity index is 438. The van der Waals surface area contributed by atoms with Crippen molar-refractivity contribution in [3.8, 4) is 11.5 Å². The quantitative estimate of drug-likeness (QED) is 0.924. The van der Waals surface area contributed by atoms with E-state index in [0.29, 0.717) is 6.73 Å². The maximum Gasteiger partial charge on any atom is 0.161 e. The van der Waals surface area contributed by atoms with Crippen LogP contribution in [0.5, 0.6) is 11.5 Å². The van der Waals surface area contributed by atoms with Gasteiger partial charge in [-0.1, -0.05) is 20.3 Å². The molecule has 1 unspecified atom stereocenters. The van der Waals surface area contributed by atoms with Crippen molar-refractivity contribution in [2.75, 3.05) is 28.1 Å². The predicted molar refractivity (Wildman–Crippen MR) is 84.6 cm³/mol. The van der Waals surface area contributed by atoms with E-state index in [4.69, 9.17) is 19.9 Å². The van der Waals surface area contributed by atoms with Crippen LogP contribution in [0.25, 0.3) is 0 Å². The molecule has 1 aliphatic heterocycles. The van der Waals surface area contributed by atoms with Gasteiger partial charge in [0.05, 0.1) is 20.4 Å². The smallest absolute Gasteiger partial charge is 0.161 e. The first-order valence-corrected chi connectivity index (χ1v) is 7.33. The van der Waals surface area contributed by atoms with E-state index in [2.05, 4.69) is 18.7 Å². The number of fused-ring (bicyclic) bond motifs is 1. The third-order valence-corrected chi connectivity index (χ3v) is 3.27. The van der Waals surface area contributed by atoms with Crippen LogP contribution in [0.3, 0.4) is 0 Å². The summed E-state index contributed by atoms with van der Waals surface area (Å²) in [6.45, 7) is 5.56. The summed E-state index contributed by atoms with van der Waals surface area (Å²) >= 11 is 0. The van der Waals surface area contributed by atoms with Gasteiger partial charge >= 0.3 is 0 Å². The number of hydrogen-bond donors (Lipinski definition) is 1. The Kier molecular flexibility index (Phi) is 7.50. The minimum absolute atomic E-state index is 0.0180. The Morgan fingerprint density at radius 3 is 2.10 bits per heavy atom. The van der Waals surface area contributed by atoms with Crippen LogP contribution >= 0.6 is 0 Å². The van der Waals surface area contributed by atoms with E-state index < -0.39 is 0 Å². The summed E-state index contributed by atoms with van der Waals surface area (Å²) in [6.07, 6.45) is 2.02. The predicted octanol–water partition coefficient (Wildman–Crippen LogP) is 2.37. The van der Waals surface area contributed by atoms with Gasteiger partial charge in [0.25, 0.3) is 0 Å². The zero-order valence-corrected chi connectivity index (χ0v) is 13.8. The van der Waals surface area contributed by atoms with Crippen LogP contribution in [0.1, 0.15) is 31.4 Å². The molecule has 0 spiro atoms. The van der Waals surface area contributed by atoms with Crippen molar-refractivity contribution < 1.29 is 14.2 Å². The normalized spacial score (nSPS) is 17.5. The molecule has 2 rings (SSSR count). The van der Waals surface area contributed by atoms with Gasteiger partial charge in [0, 0.05) is 20.1 Å². The second kappa shape index (κ2) is 8.87. The number of hydrogen-bond acceptors (Lipinski definition) is 5. The fourth-order valence-corrected chi connectivity index (χ4v) is 2.30. The molecule has 21 heavy (non-hydrogen) atoms. The summed E-state index contributed by atoms with van der Waals surface area (Å²) in [5.41, 5.74) is 8.55. The number of rotatable bonds is 4. The Morgan fingerprint density at radius 1 is 1.10 bits per heavy atom. The lowest BCUT2D eigenvalue weighted by atomic mass is 9.97. The van der Waals surface area contributed by atoms with Gasteiger partial charge < -0.3 is 19.9 Å². The lowest BCUT2D eigenvalue weighted by Crippen LogP contribution is -2.47. The minimum atomic E-state index is -0.0180. The molecule has 120 valence electrons. The van der Waals surface area contributed by atoms with Crippen LogP contribution < -0.4 is 15.2 Å². The molecule has 0 aromatic heterocycles. The summed E-state index contributed by atoms with van der Waals surface area (Å²) < 4.78 is 15.8. The zero-order valence-electron chi connectivity index (χ0n) is 13.8. The van der Waals surface area contributed by atoms with Gasteiger partial charge in [-0.05, 0) is 23.3 Å². The van der Waals surface area contributed by atoms with E-state index >= 15 is 0 Å². The molecule has 0 fully saturated rings. The molecule has 0 saturated heterocycles. The molecule has 0 aliphatic carbocycles. The van der Waals surface area contributed by atoms with E-state index in [-0.39, 0.29) is 6.17 Å². The van der Waals surface area contributed by atoms with Gasteiger partial charge in [-0.3, -0.25) is 4.90 Å². The first kappa shape index (κ1) is 17.8. The van der Waals surface area contributed by atoms with Crippen LogP contribution in [0, 0.1) is 0 Å². The number of benzene rings is 1. The number of ether oxygens (including phenoxy) is 3. The molecule has 1 aliphatic rings. The van der Waals surface area contributed by atoms with Gasteiger partial charge in [-0.2, -0.15) is 0 Å². The summed E-state index contributed by atoms with van der Waals surface area (Å²) in [6, 6.07) is 4.03. The topological polar surface area (TPSA) is 57.0 Å². The average Bonchev–Trinajstić information content (AvgIpc) is 2.48. The van der Waals surface area contributed by atoms with E-state index in [1.54, 1.807) is 21.3 Å². The molecule has 1 heterocycles. The molecule has 1 atom stereocenters. The highest BCUT2D eigenvalue weighted by Gasteiger charge is 2.24. The number of nitrogens with zero attached hydrogens (tertiary/aromatic N) is 1. The summed E-state index contributed by atoms with van der Waals surface area (Å²) in [4.78, 5) is 2.09. The van der Waals surface area contributed by atoms with Gasteiger partial charge in [-0.15, -0.1) is 0 Å². The molecular formula is C16H28N2O3. The standard InChI is InChI=1S/C13H20N2O3.C3H8/c1-16-8-15-7-10-5-12(18-3)11(17-2)4-9(10)6-13(15)14;1-3-2/h4-5,13H,6-8,14H2,1-3H3;3H2,1-2H3. The molecule has 5 heteroatoms. The van der Waals surface area contributed by atoms with Crippen molar-refractivity contribution in [1.29, 1.82) is 0 Å². The highest BCUT2D eigenvalue weighted by molar-refractivity contribution is 5.48. The zero-order chi connectivity index (χ0) is 15.8. The highest BCUT2D eigenvalue weighted by atomic mass is 16.5. The molecule has 5 nitrogen and oxygen atoms in total. The second-order valence-corrected chi connectivity index (χ2v) is 5.12. The van der Waals surface area contributed by atoms with Crippen LogP contribution in [0.15, 0.2) is 12.1 Å². The molecule has 0 radical (unpaired) electrons. The molecular weight excluding hydrogens is 268 g/mol. The van der Waals surface area contributed by atoms with Crippen molar-refractivity contribution >= 4 is 0 Å². The lowest BCUT2D eigenvalue weighted by molar-refractivity contribution is 0.0229. The molecule has 0 saturated carbocycles. The third kappa shape index (κ3) is 4.59. The largest absolute Gasteiger partial charge is 0.493 e. The van der Waals surface area contributed by atoms with Crippen molar-refractivity contribution in [2.24, 2.45) is 5.73 Å². The van der Waals surface area contributed by atoms with Crippen LogP contribution in [0.4, 0.5) is 0 Å². The Morgan fingerprint density at radius 2 is 1.62 bits per heavy atom. The average molecular weight is 296 g/mol. The van der Waals surface area contributed by atoms with Gasteiger partial charge in [0.2, 0.25) is 0 Å². The molecule has 2 N–H and O–H groups in total. The van der Waals surface area contributed by atoms with E-state index in [9.17, 15) is 0 Å². The SMILES string of the molecule is CCC.COCN1Cc2cc(OC)c(OC)cc2CC1N. The highest BCUT2D eigenvalue weighted by Crippen LogP contribution is 2.33. The molecule has 1 aromatic carbocycles. The van der Waals surface area contributed by atoms with Crippen LogP contribution in [-0.4, -0.2) is 39.1 Å². The van der Waals surface area contributed by atoms with Gasteiger partial charge in [0.15, 0.2) is 11.5 Å². The fraction of sp³-hybridized carbons (Fsp3) is 0.625. The van der Waals surface area contributed by atoms with Crippen molar-refractivity contribution in [1.82, 2.24) is 4.90 Å². The van der Waals surface area contributed by atoms with Crippen LogP contribution in [-0.2, 0) is 17.7 Å². The number of methoxy groups -OCH3 is 3. The van der Waals surface area contributed by atoms with Crippen LogP contribution in [0.2, 0.25) is 0 Å². The van der Waals surface area contributed by atoms with E-state index in [1.165, 1.54) is 17.5 Å². The summed E-state index contributed by atoms with van der Waals surface area (Å²) in [5, 5.41) is 0. The van der Waals surface area contributed by atoms with Crippen molar-refractivity contribution in [3.63, 3.8) is 0 Å². The van der Waals surface area contributed by atoms with Crippen molar-refractivity contribution in [3.05, 3.63) is 23.3 Å².